The molecular formula is C48H52FN9O8S2. The highest BCUT2D eigenvalue weighted by atomic mass is 32.2. The van der Waals surface area contributed by atoms with Gasteiger partial charge in [-0.15, -0.1) is 0 Å². The van der Waals surface area contributed by atoms with Crippen LogP contribution in [0.4, 0.5) is 10.1 Å². The van der Waals surface area contributed by atoms with Gasteiger partial charge >= 0.3 is 0 Å². The second kappa shape index (κ2) is 17.4. The van der Waals surface area contributed by atoms with Gasteiger partial charge in [-0.3, -0.25) is 14.6 Å². The van der Waals surface area contributed by atoms with Crippen molar-refractivity contribution in [1.29, 1.82) is 0 Å². The van der Waals surface area contributed by atoms with Gasteiger partial charge < -0.3 is 28.4 Å². The second-order valence-corrected chi connectivity index (χ2v) is 23.1. The first-order chi connectivity index (χ1) is 32.4. The summed E-state index contributed by atoms with van der Waals surface area (Å²) in [5, 5.41) is 11.1. The minimum Gasteiger partial charge on any atom is -0.361 e. The van der Waals surface area contributed by atoms with E-state index in [0.717, 1.165) is 67.3 Å². The number of carbonyl (C=O) groups excluding carboxylic acids is 2. The maximum Gasteiger partial charge on any atom is 0.227 e. The van der Waals surface area contributed by atoms with E-state index in [4.69, 9.17) is 19.0 Å². The number of nitrogens with one attached hydrogen (secondary N) is 1. The molecule has 0 saturated carbocycles. The molecule has 17 nitrogen and oxygen atoms in total. The molecular weight excluding hydrogens is 914 g/mol. The number of pyridine rings is 1. The van der Waals surface area contributed by atoms with E-state index in [-0.39, 0.29) is 58.6 Å². The fourth-order valence-electron chi connectivity index (χ4n) is 10.5. The normalized spacial score (nSPS) is 20.9. The SMILES string of the molecule is Cc1ncc(N2C(=O)CC[C@H]2c2nc3cc(-c4c(C)noc4C)ccc3n2C2CCS(=O)(=O)CC2)cc1F.Cc1noc(C)c1-c1ccc2c(c1)nc([C@@H]1CCC(=O)N1)n2C1CCS(=O)(=O)CC1. The van der Waals surface area contributed by atoms with E-state index in [9.17, 15) is 30.8 Å². The van der Waals surface area contributed by atoms with Crippen molar-refractivity contribution >= 4 is 59.2 Å². The fourth-order valence-corrected chi connectivity index (χ4v) is 13.5. The van der Waals surface area contributed by atoms with Gasteiger partial charge in [0.2, 0.25) is 11.8 Å². The van der Waals surface area contributed by atoms with E-state index < -0.39 is 31.5 Å². The molecule has 0 unspecified atom stereocenters. The molecule has 4 aliphatic heterocycles. The van der Waals surface area contributed by atoms with Gasteiger partial charge in [0.15, 0.2) is 0 Å². The number of hydrogen-bond donors (Lipinski definition) is 1. The topological polar surface area (TPSA) is 218 Å². The third-order valence-electron chi connectivity index (χ3n) is 14.0. The minimum atomic E-state index is -3.07. The zero-order valence-corrected chi connectivity index (χ0v) is 40.1. The van der Waals surface area contributed by atoms with Crippen LogP contribution in [0.1, 0.15) is 116 Å². The van der Waals surface area contributed by atoms with Crippen molar-refractivity contribution in [2.45, 2.75) is 110 Å². The summed E-state index contributed by atoms with van der Waals surface area (Å²) in [6, 6.07) is 12.8. The molecule has 0 radical (unpaired) electrons. The average molecular weight is 966 g/mol. The minimum absolute atomic E-state index is 0.0289. The Morgan fingerprint density at radius 2 is 1.16 bits per heavy atom. The molecule has 4 fully saturated rings. The van der Waals surface area contributed by atoms with Crippen LogP contribution in [0.25, 0.3) is 44.3 Å². The van der Waals surface area contributed by atoms with Crippen LogP contribution in [0.2, 0.25) is 0 Å². The Bertz CT molecular complexity index is 3330. The molecule has 4 aliphatic rings. The van der Waals surface area contributed by atoms with E-state index in [1.54, 1.807) is 11.8 Å². The molecule has 11 rings (SSSR count). The van der Waals surface area contributed by atoms with Crippen LogP contribution < -0.4 is 10.2 Å². The van der Waals surface area contributed by atoms with Gasteiger partial charge in [-0.05, 0) is 109 Å². The van der Waals surface area contributed by atoms with Gasteiger partial charge in [0.1, 0.15) is 48.7 Å². The number of hydrogen-bond acceptors (Lipinski definition) is 13. The van der Waals surface area contributed by atoms with Crippen LogP contribution in [0, 0.1) is 40.4 Å². The third-order valence-corrected chi connectivity index (χ3v) is 17.4. The second-order valence-electron chi connectivity index (χ2n) is 18.5. The number of aryl methyl sites for hydroxylation is 5. The largest absolute Gasteiger partial charge is 0.361 e. The maximum atomic E-state index is 14.5. The van der Waals surface area contributed by atoms with Gasteiger partial charge in [-0.2, -0.15) is 0 Å². The lowest BCUT2D eigenvalue weighted by Crippen LogP contribution is -2.32. The summed E-state index contributed by atoms with van der Waals surface area (Å²) in [7, 11) is -6.04. The zero-order chi connectivity index (χ0) is 47.8. The molecule has 0 spiro atoms. The summed E-state index contributed by atoms with van der Waals surface area (Å²) in [6.45, 7) is 9.13. The van der Waals surface area contributed by atoms with E-state index in [1.807, 2.05) is 64.1 Å². The molecule has 0 aliphatic carbocycles. The lowest BCUT2D eigenvalue weighted by molar-refractivity contribution is -0.119. The number of halogens is 1. The number of imidazole rings is 2. The number of carbonyl (C=O) groups is 2. The van der Waals surface area contributed by atoms with Crippen molar-refractivity contribution < 1.29 is 39.9 Å². The summed E-state index contributed by atoms with van der Waals surface area (Å²) < 4.78 is 77.8. The van der Waals surface area contributed by atoms with Crippen molar-refractivity contribution in [3.05, 3.63) is 94.7 Å². The van der Waals surface area contributed by atoms with E-state index in [1.165, 1.54) is 12.3 Å². The number of aromatic nitrogens is 7. The van der Waals surface area contributed by atoms with Gasteiger partial charge in [0.25, 0.3) is 0 Å². The maximum absolute atomic E-state index is 14.5. The molecule has 5 aromatic heterocycles. The van der Waals surface area contributed by atoms with Crippen molar-refractivity contribution in [1.82, 2.24) is 39.7 Å². The Balaban J connectivity index is 0.000000163. The lowest BCUT2D eigenvalue weighted by atomic mass is 10.0. The monoisotopic (exact) mass is 965 g/mol. The molecule has 20 heteroatoms. The summed E-state index contributed by atoms with van der Waals surface area (Å²) in [4.78, 5) is 40.6. The predicted octanol–water partition coefficient (Wildman–Crippen LogP) is 7.78. The van der Waals surface area contributed by atoms with Crippen LogP contribution in [0.5, 0.6) is 0 Å². The Labute approximate surface area is 392 Å². The third kappa shape index (κ3) is 8.38. The highest BCUT2D eigenvalue weighted by Crippen LogP contribution is 2.42. The van der Waals surface area contributed by atoms with E-state index in [0.29, 0.717) is 68.6 Å². The number of anilines is 1. The lowest BCUT2D eigenvalue weighted by Gasteiger charge is -2.30. The standard InChI is InChI=1S/C27H28FN5O4S.C21H24N4O4S/c1-15-21(28)13-20(14-29-15)32-24(6-7-25(32)34)27-30-22-12-18(26-16(2)31-37-17(26)3)4-5-23(22)33(27)19-8-10-38(35,36)11-9-19;1-12-20(13(2)29-24-12)14-3-5-18-17(11-14)23-21(16-4-6-19(26)22-16)25(18)15-7-9-30(27,28)10-8-15/h4-5,12-14,19,24H,6-11H2,1-3H3;3,5,11,15-16H,4,6-10H2,1-2H3,(H,22,26)/t24-;16-/m00/s1. The highest BCUT2D eigenvalue weighted by molar-refractivity contribution is 7.91. The molecule has 9 heterocycles. The Morgan fingerprint density at radius 3 is 1.63 bits per heavy atom. The van der Waals surface area contributed by atoms with Crippen molar-refractivity contribution in [2.75, 3.05) is 27.9 Å². The van der Waals surface area contributed by atoms with E-state index in [2.05, 4.69) is 29.7 Å². The summed E-state index contributed by atoms with van der Waals surface area (Å²) in [5.41, 5.74) is 9.43. The number of benzene rings is 2. The summed E-state index contributed by atoms with van der Waals surface area (Å²) >= 11 is 0. The Kier molecular flexibility index (Phi) is 11.6. The summed E-state index contributed by atoms with van der Waals surface area (Å²) in [5.74, 6) is 2.97. The Morgan fingerprint density at radius 1 is 0.647 bits per heavy atom. The molecule has 1 N–H and O–H groups in total. The molecule has 2 aromatic carbocycles. The number of sulfone groups is 2. The molecule has 356 valence electrons. The molecule has 68 heavy (non-hydrogen) atoms. The summed E-state index contributed by atoms with van der Waals surface area (Å²) in [6.07, 6.45) is 5.57. The first kappa shape index (κ1) is 45.5. The number of fused-ring (bicyclic) bond motifs is 2. The molecule has 2 amide bonds. The van der Waals surface area contributed by atoms with Gasteiger partial charge in [0.05, 0.1) is 86.1 Å². The quantitative estimate of drug-likeness (QED) is 0.162. The first-order valence-electron chi connectivity index (χ1n) is 23.0. The first-order valence-corrected chi connectivity index (χ1v) is 26.6. The van der Waals surface area contributed by atoms with Crippen LogP contribution in [-0.4, -0.2) is 86.1 Å². The fraction of sp³-hybridized carbons (Fsp3) is 0.438. The van der Waals surface area contributed by atoms with Crippen molar-refractivity contribution in [2.24, 2.45) is 0 Å². The van der Waals surface area contributed by atoms with Crippen LogP contribution >= 0.6 is 0 Å². The van der Waals surface area contributed by atoms with Gasteiger partial charge in [-0.25, -0.2) is 31.2 Å². The highest BCUT2D eigenvalue weighted by Gasteiger charge is 2.40. The smallest absolute Gasteiger partial charge is 0.227 e. The van der Waals surface area contributed by atoms with Crippen molar-refractivity contribution in [3.8, 4) is 22.3 Å². The molecule has 4 saturated heterocycles. The van der Waals surface area contributed by atoms with Crippen LogP contribution in [0.3, 0.4) is 0 Å². The zero-order valence-electron chi connectivity index (χ0n) is 38.5. The number of amides is 2. The molecule has 0 bridgehead atoms. The predicted molar refractivity (Wildman–Crippen MR) is 252 cm³/mol. The van der Waals surface area contributed by atoms with Crippen LogP contribution in [-0.2, 0) is 29.3 Å². The van der Waals surface area contributed by atoms with Crippen molar-refractivity contribution in [3.63, 3.8) is 0 Å². The number of nitrogens with zero attached hydrogens (tertiary/aromatic N) is 8. The molecule has 2 atom stereocenters. The molecule has 7 aromatic rings. The number of rotatable bonds is 7. The van der Waals surface area contributed by atoms with Crippen LogP contribution in [0.15, 0.2) is 57.7 Å². The van der Waals surface area contributed by atoms with Gasteiger partial charge in [-0.1, -0.05) is 22.4 Å². The van der Waals surface area contributed by atoms with E-state index >= 15 is 0 Å². The van der Waals surface area contributed by atoms with Gasteiger partial charge in [0, 0.05) is 42.1 Å². The average Bonchev–Trinajstić information content (AvgIpc) is 4.17. The Hall–Kier alpha value is -6.28.